The second-order valence-electron chi connectivity index (χ2n) is 5.63. The molecule has 4 heteroatoms. The Morgan fingerprint density at radius 2 is 1.78 bits per heavy atom. The molecular formula is C14H28O3S. The van der Waals surface area contributed by atoms with Gasteiger partial charge in [0.2, 0.25) is 0 Å². The lowest BCUT2D eigenvalue weighted by Gasteiger charge is -2.31. The van der Waals surface area contributed by atoms with E-state index in [9.17, 15) is 13.5 Å². The van der Waals surface area contributed by atoms with Crippen LogP contribution in [0, 0.1) is 11.8 Å². The molecule has 0 heterocycles. The third-order valence-electron chi connectivity index (χ3n) is 4.41. The largest absolute Gasteiger partial charge is 0.393 e. The van der Waals surface area contributed by atoms with Crippen LogP contribution in [0.15, 0.2) is 0 Å². The Hall–Kier alpha value is -0.0900. The van der Waals surface area contributed by atoms with Crippen LogP contribution in [0.3, 0.4) is 0 Å². The van der Waals surface area contributed by atoms with Crippen molar-refractivity contribution in [2.75, 3.05) is 11.5 Å². The first-order valence-corrected chi connectivity index (χ1v) is 9.19. The predicted octanol–water partition coefficient (Wildman–Crippen LogP) is 2.78. The average molecular weight is 276 g/mol. The first-order valence-electron chi connectivity index (χ1n) is 7.37. The quantitative estimate of drug-likeness (QED) is 0.778. The van der Waals surface area contributed by atoms with Crippen LogP contribution >= 0.6 is 0 Å². The lowest BCUT2D eigenvalue weighted by atomic mass is 9.78. The van der Waals surface area contributed by atoms with Gasteiger partial charge in [0.05, 0.1) is 11.9 Å². The highest BCUT2D eigenvalue weighted by molar-refractivity contribution is 7.91. The molecule has 0 aliphatic heterocycles. The summed E-state index contributed by atoms with van der Waals surface area (Å²) in [4.78, 5) is 0. The Morgan fingerprint density at radius 3 is 2.28 bits per heavy atom. The minimum Gasteiger partial charge on any atom is -0.393 e. The van der Waals surface area contributed by atoms with Gasteiger partial charge in [-0.1, -0.05) is 33.1 Å². The molecule has 1 N–H and O–H groups in total. The molecule has 1 fully saturated rings. The molecule has 0 bridgehead atoms. The Balaban J connectivity index is 2.23. The van der Waals surface area contributed by atoms with Crippen LogP contribution in [0.25, 0.3) is 0 Å². The number of hydrogen-bond donors (Lipinski definition) is 1. The maximum Gasteiger partial charge on any atom is 0.150 e. The summed E-state index contributed by atoms with van der Waals surface area (Å²) in [6.45, 7) is 3.91. The highest BCUT2D eigenvalue weighted by atomic mass is 32.2. The molecule has 0 aromatic carbocycles. The summed E-state index contributed by atoms with van der Waals surface area (Å²) in [5, 5.41) is 10.1. The Labute approximate surface area is 112 Å². The predicted molar refractivity (Wildman–Crippen MR) is 75.3 cm³/mol. The SMILES string of the molecule is CCC1CCC(C(O)CCCS(=O)(=O)CC)CC1. The van der Waals surface area contributed by atoms with E-state index < -0.39 is 9.84 Å². The van der Waals surface area contributed by atoms with Crippen molar-refractivity contribution < 1.29 is 13.5 Å². The lowest BCUT2D eigenvalue weighted by molar-refractivity contribution is 0.0660. The van der Waals surface area contributed by atoms with Crippen molar-refractivity contribution in [1.29, 1.82) is 0 Å². The van der Waals surface area contributed by atoms with Crippen molar-refractivity contribution in [2.24, 2.45) is 11.8 Å². The van der Waals surface area contributed by atoms with Crippen molar-refractivity contribution in [1.82, 2.24) is 0 Å². The van der Waals surface area contributed by atoms with E-state index in [0.717, 1.165) is 18.8 Å². The van der Waals surface area contributed by atoms with E-state index in [0.29, 0.717) is 18.8 Å². The van der Waals surface area contributed by atoms with Crippen molar-refractivity contribution in [3.05, 3.63) is 0 Å². The van der Waals surface area contributed by atoms with Gasteiger partial charge >= 0.3 is 0 Å². The van der Waals surface area contributed by atoms with Crippen LogP contribution < -0.4 is 0 Å². The second kappa shape index (κ2) is 7.49. The Morgan fingerprint density at radius 1 is 1.17 bits per heavy atom. The summed E-state index contributed by atoms with van der Waals surface area (Å²) in [6.07, 6.45) is 6.87. The van der Waals surface area contributed by atoms with Gasteiger partial charge in [-0.05, 0) is 37.5 Å². The smallest absolute Gasteiger partial charge is 0.150 e. The van der Waals surface area contributed by atoms with Crippen LogP contribution in [0.1, 0.15) is 58.8 Å². The minimum atomic E-state index is -2.87. The third kappa shape index (κ3) is 5.27. The van der Waals surface area contributed by atoms with Gasteiger partial charge in [-0.25, -0.2) is 8.42 Å². The van der Waals surface area contributed by atoms with Crippen molar-refractivity contribution in [3.63, 3.8) is 0 Å². The van der Waals surface area contributed by atoms with Crippen LogP contribution in [-0.4, -0.2) is 31.1 Å². The topological polar surface area (TPSA) is 54.4 Å². The fraction of sp³-hybridized carbons (Fsp3) is 1.00. The molecule has 0 radical (unpaired) electrons. The fourth-order valence-electron chi connectivity index (χ4n) is 2.87. The van der Waals surface area contributed by atoms with Gasteiger partial charge in [-0.2, -0.15) is 0 Å². The summed E-state index contributed by atoms with van der Waals surface area (Å²) in [7, 11) is -2.87. The van der Waals surface area contributed by atoms with E-state index >= 15 is 0 Å². The van der Waals surface area contributed by atoms with Crippen LogP contribution in [0.4, 0.5) is 0 Å². The van der Waals surface area contributed by atoms with Crippen molar-refractivity contribution in [2.45, 2.75) is 64.9 Å². The second-order valence-corrected chi connectivity index (χ2v) is 8.11. The summed E-state index contributed by atoms with van der Waals surface area (Å²) in [5.74, 6) is 1.68. The maximum absolute atomic E-state index is 11.4. The molecule has 1 aliphatic carbocycles. The van der Waals surface area contributed by atoms with E-state index in [1.54, 1.807) is 6.92 Å². The summed E-state index contributed by atoms with van der Waals surface area (Å²) in [5.41, 5.74) is 0. The zero-order valence-electron chi connectivity index (χ0n) is 11.8. The first kappa shape index (κ1) is 16.0. The molecule has 0 aromatic heterocycles. The zero-order valence-corrected chi connectivity index (χ0v) is 12.6. The molecule has 0 amide bonds. The number of aliphatic hydroxyl groups excluding tert-OH is 1. The van der Waals surface area contributed by atoms with Gasteiger partial charge in [-0.15, -0.1) is 0 Å². The molecule has 1 unspecified atom stereocenters. The van der Waals surface area contributed by atoms with Gasteiger partial charge < -0.3 is 5.11 Å². The van der Waals surface area contributed by atoms with Crippen LogP contribution in [-0.2, 0) is 9.84 Å². The molecule has 3 nitrogen and oxygen atoms in total. The van der Waals surface area contributed by atoms with Gasteiger partial charge in [0.15, 0.2) is 0 Å². The molecule has 18 heavy (non-hydrogen) atoms. The van der Waals surface area contributed by atoms with Gasteiger partial charge in [0.1, 0.15) is 9.84 Å². The lowest BCUT2D eigenvalue weighted by Crippen LogP contribution is -2.26. The van der Waals surface area contributed by atoms with E-state index in [-0.39, 0.29) is 17.6 Å². The fourth-order valence-corrected chi connectivity index (χ4v) is 3.77. The number of rotatable bonds is 7. The normalized spacial score (nSPS) is 27.1. The molecule has 1 atom stereocenters. The number of sulfone groups is 1. The van der Waals surface area contributed by atoms with E-state index in [4.69, 9.17) is 0 Å². The van der Waals surface area contributed by atoms with Gasteiger partial charge in [0.25, 0.3) is 0 Å². The monoisotopic (exact) mass is 276 g/mol. The van der Waals surface area contributed by atoms with E-state index in [2.05, 4.69) is 6.92 Å². The Kier molecular flexibility index (Phi) is 6.64. The molecule has 108 valence electrons. The first-order chi connectivity index (χ1) is 8.48. The van der Waals surface area contributed by atoms with E-state index in [1.807, 2.05) is 0 Å². The molecular weight excluding hydrogens is 248 g/mol. The molecule has 0 saturated heterocycles. The maximum atomic E-state index is 11.4. The molecule has 0 spiro atoms. The summed E-state index contributed by atoms with van der Waals surface area (Å²) in [6, 6.07) is 0. The summed E-state index contributed by atoms with van der Waals surface area (Å²) >= 11 is 0. The van der Waals surface area contributed by atoms with Crippen LogP contribution in [0.5, 0.6) is 0 Å². The Bertz CT molecular complexity index is 316. The minimum absolute atomic E-state index is 0.213. The van der Waals surface area contributed by atoms with Gasteiger partial charge in [-0.3, -0.25) is 0 Å². The van der Waals surface area contributed by atoms with E-state index in [1.165, 1.54) is 19.3 Å². The number of aliphatic hydroxyl groups is 1. The van der Waals surface area contributed by atoms with Crippen LogP contribution in [0.2, 0.25) is 0 Å². The molecule has 1 rings (SSSR count). The molecule has 1 aliphatic rings. The summed E-state index contributed by atoms with van der Waals surface area (Å²) < 4.78 is 22.7. The van der Waals surface area contributed by atoms with Gasteiger partial charge in [0, 0.05) is 5.75 Å². The molecule has 0 aromatic rings. The molecule has 1 saturated carbocycles. The standard InChI is InChI=1S/C14H28O3S/c1-3-12-7-9-13(10-8-12)14(15)6-5-11-18(16,17)4-2/h12-15H,3-11H2,1-2H3. The number of hydrogen-bond acceptors (Lipinski definition) is 3. The highest BCUT2D eigenvalue weighted by Crippen LogP contribution is 2.33. The van der Waals surface area contributed by atoms with Crippen molar-refractivity contribution in [3.8, 4) is 0 Å². The average Bonchev–Trinajstić information content (AvgIpc) is 2.38. The van der Waals surface area contributed by atoms with Crippen molar-refractivity contribution >= 4 is 9.84 Å². The highest BCUT2D eigenvalue weighted by Gasteiger charge is 2.25. The zero-order chi connectivity index (χ0) is 13.6. The third-order valence-corrected chi connectivity index (χ3v) is 6.20.